The number of halogens is 1. The molecule has 1 aromatic heterocycles. The summed E-state index contributed by atoms with van der Waals surface area (Å²) >= 11 is 3.19. The standard InChI is InChI=1S/C12H9BrN2O4/c1-7-12(15(17)18)11(19-14-7)5-3-8-2-4-10(16)9(13)6-8/h2-6,16H,1H3/b5-3-. The van der Waals surface area contributed by atoms with Crippen LogP contribution in [0.4, 0.5) is 5.69 Å². The first-order valence-electron chi connectivity index (χ1n) is 5.26. The van der Waals surface area contributed by atoms with Gasteiger partial charge in [-0.2, -0.15) is 0 Å². The van der Waals surface area contributed by atoms with Crippen molar-refractivity contribution >= 4 is 33.8 Å². The molecule has 0 aliphatic rings. The van der Waals surface area contributed by atoms with Crippen LogP contribution < -0.4 is 0 Å². The van der Waals surface area contributed by atoms with Crippen LogP contribution in [0.5, 0.6) is 5.75 Å². The molecule has 2 aromatic rings. The quantitative estimate of drug-likeness (QED) is 0.689. The molecule has 0 saturated carbocycles. The largest absolute Gasteiger partial charge is 0.507 e. The molecule has 1 heterocycles. The molecule has 1 aromatic carbocycles. The van der Waals surface area contributed by atoms with Crippen molar-refractivity contribution in [1.82, 2.24) is 5.16 Å². The van der Waals surface area contributed by atoms with E-state index in [0.717, 1.165) is 5.56 Å². The number of hydrogen-bond acceptors (Lipinski definition) is 5. The maximum Gasteiger partial charge on any atom is 0.338 e. The summed E-state index contributed by atoms with van der Waals surface area (Å²) in [5, 5.41) is 23.8. The molecule has 0 aliphatic heterocycles. The second-order valence-electron chi connectivity index (χ2n) is 3.78. The van der Waals surface area contributed by atoms with Gasteiger partial charge in [-0.25, -0.2) is 0 Å². The molecule has 0 atom stereocenters. The third-order valence-electron chi connectivity index (χ3n) is 2.44. The van der Waals surface area contributed by atoms with E-state index in [4.69, 9.17) is 4.52 Å². The van der Waals surface area contributed by atoms with Crippen molar-refractivity contribution in [3.05, 3.63) is 49.8 Å². The van der Waals surface area contributed by atoms with Crippen molar-refractivity contribution in [2.24, 2.45) is 0 Å². The first kappa shape index (κ1) is 13.3. The smallest absolute Gasteiger partial charge is 0.338 e. The van der Waals surface area contributed by atoms with Gasteiger partial charge in [-0.1, -0.05) is 17.3 Å². The summed E-state index contributed by atoms with van der Waals surface area (Å²) < 4.78 is 5.43. The first-order valence-corrected chi connectivity index (χ1v) is 6.05. The Labute approximate surface area is 116 Å². The van der Waals surface area contributed by atoms with Gasteiger partial charge in [-0.3, -0.25) is 10.1 Å². The normalized spacial score (nSPS) is 11.1. The summed E-state index contributed by atoms with van der Waals surface area (Å²) in [7, 11) is 0. The van der Waals surface area contributed by atoms with E-state index in [1.807, 2.05) is 0 Å². The predicted octanol–water partition coefficient (Wildman–Crippen LogP) is 3.53. The van der Waals surface area contributed by atoms with Crippen molar-refractivity contribution in [2.45, 2.75) is 6.92 Å². The number of nitro groups is 1. The SMILES string of the molecule is Cc1noc(/C=C\c2ccc(O)c(Br)c2)c1[N+](=O)[O-]. The molecule has 0 saturated heterocycles. The van der Waals surface area contributed by atoms with Crippen LogP contribution >= 0.6 is 15.9 Å². The van der Waals surface area contributed by atoms with E-state index in [2.05, 4.69) is 21.1 Å². The zero-order valence-electron chi connectivity index (χ0n) is 9.83. The van der Waals surface area contributed by atoms with Gasteiger partial charge in [-0.15, -0.1) is 0 Å². The van der Waals surface area contributed by atoms with Gasteiger partial charge in [0.25, 0.3) is 0 Å². The second kappa shape index (κ2) is 5.23. The number of aromatic nitrogens is 1. The maximum atomic E-state index is 10.8. The van der Waals surface area contributed by atoms with Gasteiger partial charge >= 0.3 is 5.69 Å². The topological polar surface area (TPSA) is 89.4 Å². The van der Waals surface area contributed by atoms with Crippen molar-refractivity contribution in [2.75, 3.05) is 0 Å². The first-order chi connectivity index (χ1) is 8.99. The Morgan fingerprint density at radius 3 is 2.84 bits per heavy atom. The van der Waals surface area contributed by atoms with Crippen LogP contribution in [0.25, 0.3) is 12.2 Å². The molecule has 0 spiro atoms. The van der Waals surface area contributed by atoms with E-state index in [1.165, 1.54) is 19.1 Å². The van der Waals surface area contributed by atoms with Crippen LogP contribution in [0.1, 0.15) is 17.0 Å². The number of aromatic hydroxyl groups is 1. The fourth-order valence-electron chi connectivity index (χ4n) is 1.51. The lowest BCUT2D eigenvalue weighted by molar-refractivity contribution is -0.386. The molecule has 0 radical (unpaired) electrons. The Hall–Kier alpha value is -2.15. The highest BCUT2D eigenvalue weighted by atomic mass is 79.9. The lowest BCUT2D eigenvalue weighted by Crippen LogP contribution is -1.90. The summed E-state index contributed by atoms with van der Waals surface area (Å²) in [6.45, 7) is 1.51. The van der Waals surface area contributed by atoms with Gasteiger partial charge < -0.3 is 9.63 Å². The fourth-order valence-corrected chi connectivity index (χ4v) is 1.91. The summed E-state index contributed by atoms with van der Waals surface area (Å²) in [6, 6.07) is 4.87. The van der Waals surface area contributed by atoms with E-state index in [-0.39, 0.29) is 22.9 Å². The molecule has 6 nitrogen and oxygen atoms in total. The summed E-state index contributed by atoms with van der Waals surface area (Å²) in [5.41, 5.74) is 0.846. The molecule has 1 N–H and O–H groups in total. The Kier molecular flexibility index (Phi) is 3.66. The second-order valence-corrected chi connectivity index (χ2v) is 4.64. The number of aryl methyl sites for hydroxylation is 1. The van der Waals surface area contributed by atoms with Crippen molar-refractivity contribution in [1.29, 1.82) is 0 Å². The van der Waals surface area contributed by atoms with Gasteiger partial charge in [0.15, 0.2) is 5.69 Å². The van der Waals surface area contributed by atoms with Crippen molar-refractivity contribution in [3.8, 4) is 5.75 Å². The number of nitrogens with zero attached hydrogens (tertiary/aromatic N) is 2. The molecule has 0 unspecified atom stereocenters. The molecule has 98 valence electrons. The highest BCUT2D eigenvalue weighted by Gasteiger charge is 2.21. The van der Waals surface area contributed by atoms with Crippen LogP contribution in [0.3, 0.4) is 0 Å². The van der Waals surface area contributed by atoms with Gasteiger partial charge in [0.05, 0.1) is 9.40 Å². The Morgan fingerprint density at radius 1 is 1.47 bits per heavy atom. The lowest BCUT2D eigenvalue weighted by atomic mass is 10.2. The number of phenols is 1. The minimum Gasteiger partial charge on any atom is -0.507 e. The van der Waals surface area contributed by atoms with Gasteiger partial charge in [0.2, 0.25) is 5.76 Å². The Balaban J connectivity index is 2.32. The van der Waals surface area contributed by atoms with Crippen LogP contribution in [-0.4, -0.2) is 15.2 Å². The molecular weight excluding hydrogens is 316 g/mol. The monoisotopic (exact) mass is 324 g/mol. The minimum atomic E-state index is -0.530. The van der Waals surface area contributed by atoms with E-state index >= 15 is 0 Å². The van der Waals surface area contributed by atoms with Crippen LogP contribution in [0.15, 0.2) is 27.2 Å². The van der Waals surface area contributed by atoms with Crippen molar-refractivity contribution in [3.63, 3.8) is 0 Å². The number of phenolic OH excluding ortho intramolecular Hbond substituents is 1. The van der Waals surface area contributed by atoms with Gasteiger partial charge in [-0.05, 0) is 46.6 Å². The third-order valence-corrected chi connectivity index (χ3v) is 3.07. The molecule has 0 fully saturated rings. The van der Waals surface area contributed by atoms with E-state index in [0.29, 0.717) is 4.47 Å². The van der Waals surface area contributed by atoms with E-state index in [9.17, 15) is 15.2 Å². The highest BCUT2D eigenvalue weighted by Crippen LogP contribution is 2.27. The molecule has 0 bridgehead atoms. The zero-order valence-corrected chi connectivity index (χ0v) is 11.4. The van der Waals surface area contributed by atoms with Crippen LogP contribution in [0.2, 0.25) is 0 Å². The minimum absolute atomic E-state index is 0.0895. The fraction of sp³-hybridized carbons (Fsp3) is 0.0833. The van der Waals surface area contributed by atoms with Gasteiger partial charge in [0, 0.05) is 0 Å². The summed E-state index contributed by atoms with van der Waals surface area (Å²) in [6.07, 6.45) is 3.11. The molecule has 2 rings (SSSR count). The average molecular weight is 325 g/mol. The van der Waals surface area contributed by atoms with Gasteiger partial charge in [0.1, 0.15) is 5.75 Å². The molecular formula is C12H9BrN2O4. The lowest BCUT2D eigenvalue weighted by Gasteiger charge is -1.97. The van der Waals surface area contributed by atoms with Crippen LogP contribution in [-0.2, 0) is 0 Å². The average Bonchev–Trinajstić information content (AvgIpc) is 2.72. The van der Waals surface area contributed by atoms with Crippen molar-refractivity contribution < 1.29 is 14.6 Å². The molecule has 0 aliphatic carbocycles. The third kappa shape index (κ3) is 2.82. The number of benzene rings is 1. The summed E-state index contributed by atoms with van der Waals surface area (Å²) in [4.78, 5) is 10.3. The Morgan fingerprint density at radius 2 is 2.21 bits per heavy atom. The number of hydrogen-bond donors (Lipinski definition) is 1. The summed E-state index contributed by atoms with van der Waals surface area (Å²) in [5.74, 6) is 0.213. The predicted molar refractivity (Wildman–Crippen MR) is 72.6 cm³/mol. The van der Waals surface area contributed by atoms with E-state index in [1.54, 1.807) is 18.2 Å². The van der Waals surface area contributed by atoms with E-state index < -0.39 is 4.92 Å². The zero-order chi connectivity index (χ0) is 14.0. The maximum absolute atomic E-state index is 10.8. The number of rotatable bonds is 3. The Bertz CT molecular complexity index is 664. The highest BCUT2D eigenvalue weighted by molar-refractivity contribution is 9.10. The molecule has 19 heavy (non-hydrogen) atoms. The van der Waals surface area contributed by atoms with Crippen LogP contribution in [0, 0.1) is 17.0 Å². The molecule has 0 amide bonds. The molecule has 7 heteroatoms.